The van der Waals surface area contributed by atoms with E-state index in [2.05, 4.69) is 17.1 Å². The van der Waals surface area contributed by atoms with Gasteiger partial charge >= 0.3 is 0 Å². The van der Waals surface area contributed by atoms with Crippen molar-refractivity contribution in [3.05, 3.63) is 0 Å². The van der Waals surface area contributed by atoms with E-state index in [4.69, 9.17) is 15.2 Å². The third kappa shape index (κ3) is 3.91. The zero-order valence-electron chi connectivity index (χ0n) is 12.4. The summed E-state index contributed by atoms with van der Waals surface area (Å²) in [4.78, 5) is 14.8. The van der Waals surface area contributed by atoms with Crippen molar-refractivity contribution in [2.45, 2.75) is 25.8 Å². The van der Waals surface area contributed by atoms with E-state index in [1.165, 1.54) is 0 Å². The van der Waals surface area contributed by atoms with Crippen LogP contribution in [0.2, 0.25) is 0 Å². The van der Waals surface area contributed by atoms with Crippen molar-refractivity contribution >= 4 is 5.91 Å². The summed E-state index contributed by atoms with van der Waals surface area (Å²) in [5.74, 6) is 0.0871. The Balaban J connectivity index is 1.82. The van der Waals surface area contributed by atoms with Gasteiger partial charge in [-0.25, -0.2) is 0 Å². The first kappa shape index (κ1) is 15.7. The van der Waals surface area contributed by atoms with Crippen LogP contribution in [0.5, 0.6) is 0 Å². The molecule has 116 valence electrons. The molecule has 2 aliphatic heterocycles. The molecule has 1 amide bonds. The summed E-state index contributed by atoms with van der Waals surface area (Å²) in [5.41, 5.74) is 5.42. The zero-order chi connectivity index (χ0) is 14.4. The van der Waals surface area contributed by atoms with Crippen LogP contribution in [-0.2, 0) is 14.3 Å². The highest BCUT2D eigenvalue weighted by molar-refractivity contribution is 5.83. The average Bonchev–Trinajstić information content (AvgIpc) is 2.48. The van der Waals surface area contributed by atoms with Crippen LogP contribution in [0.4, 0.5) is 0 Å². The van der Waals surface area contributed by atoms with Gasteiger partial charge in [0.1, 0.15) is 0 Å². The summed E-state index contributed by atoms with van der Waals surface area (Å²) >= 11 is 0. The Morgan fingerprint density at radius 3 is 2.45 bits per heavy atom. The summed E-state index contributed by atoms with van der Waals surface area (Å²) in [6.45, 7) is 8.02. The first-order valence-corrected chi connectivity index (χ1v) is 7.55. The van der Waals surface area contributed by atoms with Gasteiger partial charge in [0.05, 0.1) is 18.6 Å². The lowest BCUT2D eigenvalue weighted by Crippen LogP contribution is -2.53. The van der Waals surface area contributed by atoms with Gasteiger partial charge in [-0.3, -0.25) is 9.69 Å². The van der Waals surface area contributed by atoms with Gasteiger partial charge in [-0.15, -0.1) is 0 Å². The molecule has 1 unspecified atom stereocenters. The molecule has 0 aromatic heterocycles. The highest BCUT2D eigenvalue weighted by Gasteiger charge is 2.39. The number of rotatable bonds is 5. The Morgan fingerprint density at radius 2 is 1.85 bits per heavy atom. The molecule has 2 rings (SSSR count). The molecule has 2 saturated heterocycles. The van der Waals surface area contributed by atoms with Gasteiger partial charge in [-0.1, -0.05) is 0 Å². The van der Waals surface area contributed by atoms with Gasteiger partial charge in [0.25, 0.3) is 0 Å². The summed E-state index contributed by atoms with van der Waals surface area (Å²) in [6.07, 6.45) is 1.44. The topological polar surface area (TPSA) is 76.8 Å². The Kier molecular flexibility index (Phi) is 5.77. The smallest absolute Gasteiger partial charge is 0.227 e. The standard InChI is InChI=1S/C14H27N3O3/c1-12(10-17-4-8-20-9-5-17)16-13(18)14(11-15)2-6-19-7-3-14/h12H,2-11,15H2,1H3,(H,16,18). The second-order valence-electron chi connectivity index (χ2n) is 5.88. The Labute approximate surface area is 121 Å². The van der Waals surface area contributed by atoms with Gasteiger partial charge in [0, 0.05) is 45.4 Å². The molecule has 6 nitrogen and oxygen atoms in total. The third-order valence-corrected chi connectivity index (χ3v) is 4.34. The maximum atomic E-state index is 12.5. The van der Waals surface area contributed by atoms with Crippen LogP contribution < -0.4 is 11.1 Å². The van der Waals surface area contributed by atoms with Crippen LogP contribution in [0.15, 0.2) is 0 Å². The molecular weight excluding hydrogens is 258 g/mol. The van der Waals surface area contributed by atoms with E-state index in [9.17, 15) is 4.79 Å². The van der Waals surface area contributed by atoms with Crippen LogP contribution in [0.25, 0.3) is 0 Å². The summed E-state index contributed by atoms with van der Waals surface area (Å²) < 4.78 is 10.7. The summed E-state index contributed by atoms with van der Waals surface area (Å²) in [5, 5.41) is 3.13. The number of ether oxygens (including phenoxy) is 2. The number of carbonyl (C=O) groups is 1. The lowest BCUT2D eigenvalue weighted by Gasteiger charge is -2.36. The quantitative estimate of drug-likeness (QED) is 0.717. The molecule has 20 heavy (non-hydrogen) atoms. The molecule has 0 radical (unpaired) electrons. The van der Waals surface area contributed by atoms with Gasteiger partial charge in [0.15, 0.2) is 0 Å². The minimum absolute atomic E-state index is 0.0871. The van der Waals surface area contributed by atoms with Gasteiger partial charge < -0.3 is 20.5 Å². The van der Waals surface area contributed by atoms with Crippen LogP contribution in [-0.4, -0.2) is 69.5 Å². The van der Waals surface area contributed by atoms with Crippen molar-refractivity contribution < 1.29 is 14.3 Å². The van der Waals surface area contributed by atoms with Gasteiger partial charge in [0.2, 0.25) is 5.91 Å². The van der Waals surface area contributed by atoms with Gasteiger partial charge in [-0.05, 0) is 19.8 Å². The molecule has 0 bridgehead atoms. The Morgan fingerprint density at radius 1 is 1.25 bits per heavy atom. The maximum absolute atomic E-state index is 12.5. The second-order valence-corrected chi connectivity index (χ2v) is 5.88. The average molecular weight is 285 g/mol. The zero-order valence-corrected chi connectivity index (χ0v) is 12.4. The number of nitrogens with zero attached hydrogens (tertiary/aromatic N) is 1. The van der Waals surface area contributed by atoms with Crippen LogP contribution in [0.1, 0.15) is 19.8 Å². The molecule has 0 aromatic carbocycles. The monoisotopic (exact) mass is 285 g/mol. The molecule has 0 aliphatic carbocycles. The van der Waals surface area contributed by atoms with Crippen LogP contribution in [0, 0.1) is 5.41 Å². The highest BCUT2D eigenvalue weighted by Crippen LogP contribution is 2.29. The van der Waals surface area contributed by atoms with Crippen molar-refractivity contribution in [2.24, 2.45) is 11.1 Å². The molecule has 0 aromatic rings. The lowest BCUT2D eigenvalue weighted by molar-refractivity contribution is -0.136. The molecular formula is C14H27N3O3. The van der Waals surface area contributed by atoms with Crippen molar-refractivity contribution in [3.63, 3.8) is 0 Å². The van der Waals surface area contributed by atoms with E-state index in [0.29, 0.717) is 19.8 Å². The number of nitrogens with one attached hydrogen (secondary N) is 1. The SMILES string of the molecule is CC(CN1CCOCC1)NC(=O)C1(CN)CCOCC1. The maximum Gasteiger partial charge on any atom is 0.227 e. The normalized spacial score (nSPS) is 25.1. The summed E-state index contributed by atoms with van der Waals surface area (Å²) in [6, 6.07) is 0.131. The Bertz CT molecular complexity index is 313. The molecule has 6 heteroatoms. The number of carbonyl (C=O) groups excluding carboxylic acids is 1. The fraction of sp³-hybridized carbons (Fsp3) is 0.929. The van der Waals surface area contributed by atoms with Crippen molar-refractivity contribution in [1.29, 1.82) is 0 Å². The second kappa shape index (κ2) is 7.36. The molecule has 0 spiro atoms. The predicted octanol–water partition coefficient (Wildman–Crippen LogP) is -0.421. The molecule has 2 aliphatic rings. The first-order chi connectivity index (χ1) is 9.66. The number of hydrogen-bond donors (Lipinski definition) is 2. The van der Waals surface area contributed by atoms with Crippen molar-refractivity contribution in [1.82, 2.24) is 10.2 Å². The molecule has 1 atom stereocenters. The minimum atomic E-state index is -0.433. The van der Waals surface area contributed by atoms with Crippen molar-refractivity contribution in [3.8, 4) is 0 Å². The highest BCUT2D eigenvalue weighted by atomic mass is 16.5. The lowest BCUT2D eigenvalue weighted by atomic mass is 9.79. The molecule has 3 N–H and O–H groups in total. The fourth-order valence-electron chi connectivity index (χ4n) is 2.88. The molecule has 2 fully saturated rings. The van der Waals surface area contributed by atoms with E-state index >= 15 is 0 Å². The van der Waals surface area contributed by atoms with Crippen molar-refractivity contribution in [2.75, 3.05) is 52.6 Å². The predicted molar refractivity (Wildman–Crippen MR) is 76.4 cm³/mol. The number of nitrogens with two attached hydrogens (primary N) is 1. The van der Waals surface area contributed by atoms with Gasteiger partial charge in [-0.2, -0.15) is 0 Å². The van der Waals surface area contributed by atoms with Crippen LogP contribution >= 0.6 is 0 Å². The van der Waals surface area contributed by atoms with E-state index in [-0.39, 0.29) is 11.9 Å². The number of amides is 1. The minimum Gasteiger partial charge on any atom is -0.381 e. The van der Waals surface area contributed by atoms with E-state index in [1.807, 2.05) is 0 Å². The number of morpholine rings is 1. The summed E-state index contributed by atoms with van der Waals surface area (Å²) in [7, 11) is 0. The fourth-order valence-corrected chi connectivity index (χ4v) is 2.88. The van der Waals surface area contributed by atoms with E-state index in [0.717, 1.165) is 45.7 Å². The third-order valence-electron chi connectivity index (χ3n) is 4.34. The molecule has 2 heterocycles. The van der Waals surface area contributed by atoms with Crippen LogP contribution in [0.3, 0.4) is 0 Å². The number of hydrogen-bond acceptors (Lipinski definition) is 5. The first-order valence-electron chi connectivity index (χ1n) is 7.55. The largest absolute Gasteiger partial charge is 0.381 e. The van der Waals surface area contributed by atoms with E-state index in [1.54, 1.807) is 0 Å². The van der Waals surface area contributed by atoms with E-state index < -0.39 is 5.41 Å². The molecule has 0 saturated carbocycles. The Hall–Kier alpha value is -0.690.